The molecule has 2 amide bonds. The molecule has 5 rings (SSSR count). The molecule has 2 aliphatic rings. The first-order valence-electron chi connectivity index (χ1n) is 10.0. The number of aliphatic imine (C=N–C) groups is 1. The molecule has 1 aliphatic carbocycles. The lowest BCUT2D eigenvalue weighted by Crippen LogP contribution is -2.41. The summed E-state index contributed by atoms with van der Waals surface area (Å²) in [6, 6.07) is 7.65. The minimum absolute atomic E-state index is 0.0147. The maximum Gasteiger partial charge on any atom is 0.249 e. The molecule has 1 aliphatic heterocycles. The van der Waals surface area contributed by atoms with Crippen molar-refractivity contribution in [3.63, 3.8) is 0 Å². The van der Waals surface area contributed by atoms with Crippen LogP contribution < -0.4 is 10.2 Å². The van der Waals surface area contributed by atoms with Crippen molar-refractivity contribution in [2.45, 2.75) is 32.2 Å². The molecule has 0 aromatic carbocycles. The molecule has 0 fully saturated rings. The molecule has 4 heterocycles. The molecule has 1 N–H and O–H groups in total. The zero-order valence-electron chi connectivity index (χ0n) is 16.3. The lowest BCUT2D eigenvalue weighted by Gasteiger charge is -2.20. The summed E-state index contributed by atoms with van der Waals surface area (Å²) in [6.45, 7) is 0.340. The summed E-state index contributed by atoms with van der Waals surface area (Å²) >= 11 is 3.29. The Morgan fingerprint density at radius 2 is 2.13 bits per heavy atom. The van der Waals surface area contributed by atoms with Crippen LogP contribution in [0, 0.1) is 0 Å². The van der Waals surface area contributed by atoms with Gasteiger partial charge in [0.05, 0.1) is 23.4 Å². The van der Waals surface area contributed by atoms with Gasteiger partial charge in [0, 0.05) is 10.4 Å². The summed E-state index contributed by atoms with van der Waals surface area (Å²) in [5, 5.41) is 5.74. The number of anilines is 1. The van der Waals surface area contributed by atoms with E-state index in [2.05, 4.69) is 11.4 Å². The largest absolute Gasteiger partial charge is 0.467 e. The SMILES string of the molecule is O=C(CN1C(=O)CN=C(c2cccs2)c2c1sc1c2CCCC1)NCc1ccco1. The summed E-state index contributed by atoms with van der Waals surface area (Å²) in [7, 11) is 0. The minimum atomic E-state index is -0.211. The predicted octanol–water partition coefficient (Wildman–Crippen LogP) is 3.78. The first-order chi connectivity index (χ1) is 14.7. The van der Waals surface area contributed by atoms with E-state index in [1.807, 2.05) is 17.5 Å². The number of furan rings is 1. The summed E-state index contributed by atoms with van der Waals surface area (Å²) in [5.74, 6) is 0.326. The molecule has 0 saturated heterocycles. The van der Waals surface area contributed by atoms with E-state index in [0.717, 1.165) is 46.8 Å². The van der Waals surface area contributed by atoms with Crippen molar-refractivity contribution < 1.29 is 14.0 Å². The monoisotopic (exact) mass is 439 g/mol. The number of fused-ring (bicyclic) bond motifs is 3. The molecule has 0 radical (unpaired) electrons. The van der Waals surface area contributed by atoms with Crippen molar-refractivity contribution in [1.82, 2.24) is 5.32 Å². The molecule has 0 bridgehead atoms. The van der Waals surface area contributed by atoms with Crippen LogP contribution in [0.15, 0.2) is 45.3 Å². The van der Waals surface area contributed by atoms with Crippen LogP contribution in [0.5, 0.6) is 0 Å². The summed E-state index contributed by atoms with van der Waals surface area (Å²) in [5.41, 5.74) is 3.26. The van der Waals surface area contributed by atoms with E-state index in [4.69, 9.17) is 9.41 Å². The van der Waals surface area contributed by atoms with Gasteiger partial charge in [-0.05, 0) is 54.8 Å². The molecule has 0 spiro atoms. The zero-order valence-corrected chi connectivity index (χ0v) is 18.0. The normalized spacial score (nSPS) is 15.9. The third-order valence-electron chi connectivity index (χ3n) is 5.40. The standard InChI is InChI=1S/C22H21N3O3S2/c26-18(23-11-14-5-3-9-28-14)13-25-19(27)12-24-21(17-8-4-10-29-17)20-15-6-1-2-7-16(15)30-22(20)25/h3-5,8-10H,1-2,6-7,11-13H2,(H,23,26). The number of carbonyl (C=O) groups excluding carboxylic acids is 2. The number of nitrogens with one attached hydrogen (secondary N) is 1. The highest BCUT2D eigenvalue weighted by molar-refractivity contribution is 7.17. The van der Waals surface area contributed by atoms with Crippen molar-refractivity contribution in [3.05, 3.63) is 62.6 Å². The number of hydrogen-bond acceptors (Lipinski definition) is 6. The lowest BCUT2D eigenvalue weighted by molar-refractivity contribution is -0.123. The Morgan fingerprint density at radius 1 is 1.23 bits per heavy atom. The number of rotatable bonds is 5. The van der Waals surface area contributed by atoms with E-state index < -0.39 is 0 Å². The number of aryl methyl sites for hydroxylation is 1. The quantitative estimate of drug-likeness (QED) is 0.657. The first-order valence-corrected chi connectivity index (χ1v) is 11.7. The van der Waals surface area contributed by atoms with Crippen molar-refractivity contribution in [1.29, 1.82) is 0 Å². The second kappa shape index (κ2) is 8.20. The van der Waals surface area contributed by atoms with Crippen molar-refractivity contribution >= 4 is 45.2 Å². The molecular formula is C22H21N3O3S2. The van der Waals surface area contributed by atoms with Gasteiger partial charge in [-0.1, -0.05) is 6.07 Å². The van der Waals surface area contributed by atoms with Gasteiger partial charge < -0.3 is 9.73 Å². The van der Waals surface area contributed by atoms with E-state index in [1.54, 1.807) is 39.9 Å². The van der Waals surface area contributed by atoms with Gasteiger partial charge in [0.15, 0.2) is 0 Å². The topological polar surface area (TPSA) is 74.9 Å². The Morgan fingerprint density at radius 3 is 2.93 bits per heavy atom. The smallest absolute Gasteiger partial charge is 0.249 e. The highest BCUT2D eigenvalue weighted by atomic mass is 32.1. The van der Waals surface area contributed by atoms with Crippen molar-refractivity contribution in [3.8, 4) is 0 Å². The van der Waals surface area contributed by atoms with E-state index in [9.17, 15) is 9.59 Å². The van der Waals surface area contributed by atoms with Crippen LogP contribution in [0.25, 0.3) is 0 Å². The highest BCUT2D eigenvalue weighted by Crippen LogP contribution is 2.43. The number of carbonyl (C=O) groups is 2. The van der Waals surface area contributed by atoms with Crippen LogP contribution >= 0.6 is 22.7 Å². The second-order valence-corrected chi connectivity index (χ2v) is 9.40. The van der Waals surface area contributed by atoms with E-state index >= 15 is 0 Å². The van der Waals surface area contributed by atoms with Crippen molar-refractivity contribution in [2.75, 3.05) is 18.0 Å². The van der Waals surface area contributed by atoms with Crippen LogP contribution in [0.2, 0.25) is 0 Å². The Kier molecular flexibility index (Phi) is 5.26. The Balaban J connectivity index is 1.48. The molecule has 0 unspecified atom stereocenters. The maximum atomic E-state index is 13.0. The van der Waals surface area contributed by atoms with Crippen molar-refractivity contribution in [2.24, 2.45) is 4.99 Å². The Bertz CT molecular complexity index is 1100. The molecular weight excluding hydrogens is 418 g/mol. The Labute approximate surface area is 182 Å². The molecule has 154 valence electrons. The van der Waals surface area contributed by atoms with Crippen LogP contribution in [0.3, 0.4) is 0 Å². The minimum Gasteiger partial charge on any atom is -0.467 e. The van der Waals surface area contributed by atoms with Crippen LogP contribution in [0.4, 0.5) is 5.00 Å². The zero-order chi connectivity index (χ0) is 20.5. The molecule has 30 heavy (non-hydrogen) atoms. The fourth-order valence-electron chi connectivity index (χ4n) is 3.98. The number of thiophene rings is 2. The molecule has 3 aromatic heterocycles. The number of hydrogen-bond donors (Lipinski definition) is 1. The predicted molar refractivity (Wildman–Crippen MR) is 119 cm³/mol. The maximum absolute atomic E-state index is 13.0. The van der Waals surface area contributed by atoms with Gasteiger partial charge in [0.1, 0.15) is 23.9 Å². The van der Waals surface area contributed by atoms with Crippen LogP contribution in [-0.4, -0.2) is 30.6 Å². The van der Waals surface area contributed by atoms with Crippen LogP contribution in [-0.2, 0) is 29.0 Å². The second-order valence-electron chi connectivity index (χ2n) is 7.37. The third kappa shape index (κ3) is 3.61. The van der Waals surface area contributed by atoms with Gasteiger partial charge in [0.2, 0.25) is 11.8 Å². The molecule has 6 nitrogen and oxygen atoms in total. The molecule has 0 atom stereocenters. The Hall–Kier alpha value is -2.71. The van der Waals surface area contributed by atoms with Gasteiger partial charge in [0.25, 0.3) is 0 Å². The third-order valence-corrected chi connectivity index (χ3v) is 7.60. The summed E-state index contributed by atoms with van der Waals surface area (Å²) < 4.78 is 5.27. The molecule has 3 aromatic rings. The average Bonchev–Trinajstić information content (AvgIpc) is 3.51. The van der Waals surface area contributed by atoms with Crippen LogP contribution in [0.1, 0.15) is 39.5 Å². The summed E-state index contributed by atoms with van der Waals surface area (Å²) in [4.78, 5) is 34.4. The summed E-state index contributed by atoms with van der Waals surface area (Å²) in [6.07, 6.45) is 5.91. The molecule has 0 saturated carbocycles. The lowest BCUT2D eigenvalue weighted by atomic mass is 9.93. The highest BCUT2D eigenvalue weighted by Gasteiger charge is 2.33. The van der Waals surface area contributed by atoms with Gasteiger partial charge in [-0.25, -0.2) is 0 Å². The fraction of sp³-hybridized carbons (Fsp3) is 0.318. The number of amides is 2. The first kappa shape index (κ1) is 19.3. The fourth-order valence-corrected chi connectivity index (χ4v) is 6.13. The number of nitrogens with zero attached hydrogens (tertiary/aromatic N) is 2. The van der Waals surface area contributed by atoms with E-state index in [0.29, 0.717) is 12.3 Å². The van der Waals surface area contributed by atoms with Gasteiger partial charge in [-0.2, -0.15) is 0 Å². The van der Waals surface area contributed by atoms with E-state index in [1.165, 1.54) is 10.4 Å². The van der Waals surface area contributed by atoms with Gasteiger partial charge >= 0.3 is 0 Å². The molecule has 8 heteroatoms. The van der Waals surface area contributed by atoms with Gasteiger partial charge in [-0.15, -0.1) is 22.7 Å². The average molecular weight is 440 g/mol. The van der Waals surface area contributed by atoms with Gasteiger partial charge in [-0.3, -0.25) is 19.5 Å². The van der Waals surface area contributed by atoms with E-state index in [-0.39, 0.29) is 24.9 Å².